The predicted molar refractivity (Wildman–Crippen MR) is 53.2 cm³/mol. The lowest BCUT2D eigenvalue weighted by Gasteiger charge is -2.05. The second-order valence-electron chi connectivity index (χ2n) is 2.73. The van der Waals surface area contributed by atoms with E-state index in [1.165, 1.54) is 18.3 Å². The van der Waals surface area contributed by atoms with Gasteiger partial charge < -0.3 is 14.6 Å². The monoisotopic (exact) mass is 211 g/mol. The van der Waals surface area contributed by atoms with Crippen LogP contribution in [0.3, 0.4) is 0 Å². The summed E-state index contributed by atoms with van der Waals surface area (Å²) < 4.78 is 10.3. The van der Waals surface area contributed by atoms with E-state index in [0.717, 1.165) is 0 Å². The molecule has 1 rings (SSSR count). The number of aromatic carboxylic acids is 1. The van der Waals surface area contributed by atoms with Gasteiger partial charge in [-0.25, -0.2) is 9.78 Å². The Hall–Kier alpha value is -1.62. The number of hydrogen-bond donors (Lipinski definition) is 1. The third kappa shape index (κ3) is 3.95. The molecule has 0 spiro atoms. The third-order valence-corrected chi connectivity index (χ3v) is 1.66. The molecule has 0 aliphatic carbocycles. The molecule has 82 valence electrons. The first-order chi connectivity index (χ1) is 7.24. The number of aromatic nitrogens is 1. The largest absolute Gasteiger partial charge is 0.478 e. The Balaban J connectivity index is 2.47. The van der Waals surface area contributed by atoms with E-state index in [1.54, 1.807) is 0 Å². The SMILES string of the molecule is CCOCCOc1cc(C(=O)O)ccn1. The molecule has 1 aromatic heterocycles. The summed E-state index contributed by atoms with van der Waals surface area (Å²) in [6.45, 7) is 3.36. The Kier molecular flexibility index (Phi) is 4.56. The topological polar surface area (TPSA) is 68.7 Å². The Labute approximate surface area is 87.7 Å². The molecule has 0 saturated carbocycles. The molecule has 0 saturated heterocycles. The number of pyridine rings is 1. The predicted octanol–water partition coefficient (Wildman–Crippen LogP) is 1.20. The summed E-state index contributed by atoms with van der Waals surface area (Å²) in [5.74, 6) is -0.693. The van der Waals surface area contributed by atoms with Crippen LogP contribution in [0.2, 0.25) is 0 Å². The summed E-state index contributed by atoms with van der Waals surface area (Å²) in [7, 11) is 0. The Morgan fingerprint density at radius 2 is 2.33 bits per heavy atom. The molecule has 0 fully saturated rings. The van der Waals surface area contributed by atoms with Crippen molar-refractivity contribution in [1.82, 2.24) is 4.98 Å². The van der Waals surface area contributed by atoms with Gasteiger partial charge in [0.2, 0.25) is 5.88 Å². The minimum Gasteiger partial charge on any atom is -0.478 e. The molecule has 0 aliphatic rings. The molecule has 1 N–H and O–H groups in total. The van der Waals surface area contributed by atoms with Crippen LogP contribution in [0.5, 0.6) is 5.88 Å². The molecule has 0 aromatic carbocycles. The van der Waals surface area contributed by atoms with Gasteiger partial charge in [0.15, 0.2) is 0 Å². The summed E-state index contributed by atoms with van der Waals surface area (Å²) in [5, 5.41) is 8.71. The van der Waals surface area contributed by atoms with Crippen LogP contribution in [-0.2, 0) is 4.74 Å². The Morgan fingerprint density at radius 3 is 3.00 bits per heavy atom. The number of carboxylic acid groups (broad SMARTS) is 1. The first-order valence-corrected chi connectivity index (χ1v) is 4.64. The van der Waals surface area contributed by atoms with Crippen LogP contribution in [-0.4, -0.2) is 35.9 Å². The molecule has 0 atom stereocenters. The minimum atomic E-state index is -0.993. The van der Waals surface area contributed by atoms with Crippen molar-refractivity contribution in [3.8, 4) is 5.88 Å². The first-order valence-electron chi connectivity index (χ1n) is 4.64. The van der Waals surface area contributed by atoms with Crippen molar-refractivity contribution >= 4 is 5.97 Å². The number of carboxylic acids is 1. The molecule has 15 heavy (non-hydrogen) atoms. The number of ether oxygens (including phenoxy) is 2. The average Bonchev–Trinajstić information content (AvgIpc) is 2.25. The molecule has 1 aromatic rings. The van der Waals surface area contributed by atoms with Crippen LogP contribution in [0.4, 0.5) is 0 Å². The van der Waals surface area contributed by atoms with Gasteiger partial charge in [0.25, 0.3) is 0 Å². The summed E-state index contributed by atoms with van der Waals surface area (Å²) in [6.07, 6.45) is 1.40. The van der Waals surface area contributed by atoms with Crippen molar-refractivity contribution in [2.75, 3.05) is 19.8 Å². The van der Waals surface area contributed by atoms with Crippen molar-refractivity contribution in [2.45, 2.75) is 6.92 Å². The van der Waals surface area contributed by atoms with Crippen LogP contribution >= 0.6 is 0 Å². The Bertz CT molecular complexity index is 327. The average molecular weight is 211 g/mol. The summed E-state index contributed by atoms with van der Waals surface area (Å²) >= 11 is 0. The normalized spacial score (nSPS) is 9.93. The maximum Gasteiger partial charge on any atom is 0.335 e. The molecule has 0 aliphatic heterocycles. The van der Waals surface area contributed by atoms with Gasteiger partial charge in [-0.2, -0.15) is 0 Å². The lowest BCUT2D eigenvalue weighted by atomic mass is 10.3. The minimum absolute atomic E-state index is 0.163. The zero-order chi connectivity index (χ0) is 11.1. The summed E-state index contributed by atoms with van der Waals surface area (Å²) in [5.41, 5.74) is 0.163. The van der Waals surface area contributed by atoms with Gasteiger partial charge in [-0.1, -0.05) is 0 Å². The molecule has 5 heteroatoms. The van der Waals surface area contributed by atoms with Crippen molar-refractivity contribution in [3.05, 3.63) is 23.9 Å². The second kappa shape index (κ2) is 5.98. The third-order valence-electron chi connectivity index (χ3n) is 1.66. The van der Waals surface area contributed by atoms with Gasteiger partial charge in [0.05, 0.1) is 12.2 Å². The zero-order valence-electron chi connectivity index (χ0n) is 8.47. The lowest BCUT2D eigenvalue weighted by molar-refractivity contribution is 0.0695. The molecule has 0 unspecified atom stereocenters. The highest BCUT2D eigenvalue weighted by molar-refractivity contribution is 5.87. The first kappa shape index (κ1) is 11.5. The van der Waals surface area contributed by atoms with Gasteiger partial charge in [-0.3, -0.25) is 0 Å². The fraction of sp³-hybridized carbons (Fsp3) is 0.400. The highest BCUT2D eigenvalue weighted by Gasteiger charge is 2.04. The maximum absolute atomic E-state index is 10.6. The van der Waals surface area contributed by atoms with Crippen LogP contribution < -0.4 is 4.74 Å². The van der Waals surface area contributed by atoms with Crippen LogP contribution in [0.15, 0.2) is 18.3 Å². The van der Waals surface area contributed by atoms with Gasteiger partial charge in [-0.15, -0.1) is 0 Å². The van der Waals surface area contributed by atoms with Gasteiger partial charge in [0, 0.05) is 18.9 Å². The number of nitrogens with zero attached hydrogens (tertiary/aromatic N) is 1. The number of rotatable bonds is 6. The van der Waals surface area contributed by atoms with Crippen molar-refractivity contribution in [3.63, 3.8) is 0 Å². The molecule has 5 nitrogen and oxygen atoms in total. The van der Waals surface area contributed by atoms with E-state index in [9.17, 15) is 4.79 Å². The fourth-order valence-corrected chi connectivity index (χ4v) is 0.971. The standard InChI is InChI=1S/C10H13NO4/c1-2-14-5-6-15-9-7-8(10(12)13)3-4-11-9/h3-4,7H,2,5-6H2,1H3,(H,12,13). The summed E-state index contributed by atoms with van der Waals surface area (Å²) in [6, 6.07) is 2.80. The number of carbonyl (C=O) groups is 1. The van der Waals surface area contributed by atoms with Crippen molar-refractivity contribution in [1.29, 1.82) is 0 Å². The zero-order valence-corrected chi connectivity index (χ0v) is 8.47. The van der Waals surface area contributed by atoms with Crippen molar-refractivity contribution < 1.29 is 19.4 Å². The smallest absolute Gasteiger partial charge is 0.335 e. The highest BCUT2D eigenvalue weighted by atomic mass is 16.5. The van der Waals surface area contributed by atoms with E-state index >= 15 is 0 Å². The molecular weight excluding hydrogens is 198 g/mol. The van der Waals surface area contributed by atoms with E-state index in [-0.39, 0.29) is 5.56 Å². The molecular formula is C10H13NO4. The molecule has 1 heterocycles. The van der Waals surface area contributed by atoms with Gasteiger partial charge >= 0.3 is 5.97 Å². The molecule has 0 radical (unpaired) electrons. The number of hydrogen-bond acceptors (Lipinski definition) is 4. The van der Waals surface area contributed by atoms with E-state index < -0.39 is 5.97 Å². The van der Waals surface area contributed by atoms with E-state index in [1.807, 2.05) is 6.92 Å². The molecule has 0 amide bonds. The Morgan fingerprint density at radius 1 is 1.53 bits per heavy atom. The van der Waals surface area contributed by atoms with E-state index in [2.05, 4.69) is 4.98 Å². The van der Waals surface area contributed by atoms with Crippen LogP contribution in [0.25, 0.3) is 0 Å². The molecule has 0 bridgehead atoms. The van der Waals surface area contributed by atoms with E-state index in [0.29, 0.717) is 25.7 Å². The van der Waals surface area contributed by atoms with Crippen LogP contribution in [0, 0.1) is 0 Å². The second-order valence-corrected chi connectivity index (χ2v) is 2.73. The van der Waals surface area contributed by atoms with Gasteiger partial charge in [0.1, 0.15) is 6.61 Å². The van der Waals surface area contributed by atoms with Gasteiger partial charge in [-0.05, 0) is 13.0 Å². The van der Waals surface area contributed by atoms with Crippen LogP contribution in [0.1, 0.15) is 17.3 Å². The fourth-order valence-electron chi connectivity index (χ4n) is 0.971. The quantitative estimate of drug-likeness (QED) is 0.716. The maximum atomic E-state index is 10.6. The van der Waals surface area contributed by atoms with E-state index in [4.69, 9.17) is 14.6 Å². The lowest BCUT2D eigenvalue weighted by Crippen LogP contribution is -2.07. The van der Waals surface area contributed by atoms with Crippen molar-refractivity contribution in [2.24, 2.45) is 0 Å². The summed E-state index contributed by atoms with van der Waals surface area (Å²) in [4.78, 5) is 14.5. The highest BCUT2D eigenvalue weighted by Crippen LogP contribution is 2.08.